The summed E-state index contributed by atoms with van der Waals surface area (Å²) in [7, 11) is 3.94. The Morgan fingerprint density at radius 3 is 2.79 bits per heavy atom. The van der Waals surface area contributed by atoms with Crippen LogP contribution in [-0.4, -0.2) is 31.6 Å². The first-order valence-electron chi connectivity index (χ1n) is 10.1. The third-order valence-electron chi connectivity index (χ3n) is 6.34. The molecule has 0 amide bonds. The molecule has 146 valence electrons. The number of likely N-dealkylation sites (tertiary alicyclic amines) is 1. The van der Waals surface area contributed by atoms with E-state index < -0.39 is 0 Å². The molecule has 1 fully saturated rings. The summed E-state index contributed by atoms with van der Waals surface area (Å²) in [4.78, 5) is 2.51. The topological polar surface area (TPSA) is 21.7 Å². The van der Waals surface area contributed by atoms with Crippen LogP contribution in [0.1, 0.15) is 36.0 Å². The van der Waals surface area contributed by atoms with E-state index in [1.54, 1.807) is 7.11 Å². The molecule has 4 rings (SSSR count). The standard InChI is InChI=1S/C25H29NO2/c1-4-20-21(25-15-9-8-12-23(25)26(2)17-16-25)13-14-22(27-3)24(20)28-18-19-10-6-5-7-11-19/h4-7,9-11,13-15,23H,1,8,12,16-18H2,2-3H3/t23-,25-/m0/s1. The van der Waals surface area contributed by atoms with Crippen LogP contribution in [0.25, 0.3) is 6.08 Å². The van der Waals surface area contributed by atoms with Gasteiger partial charge in [-0.1, -0.05) is 61.2 Å². The van der Waals surface area contributed by atoms with E-state index in [0.717, 1.165) is 42.0 Å². The van der Waals surface area contributed by atoms with Crippen LogP contribution in [0.2, 0.25) is 0 Å². The molecule has 0 unspecified atom stereocenters. The molecule has 2 aliphatic rings. The first-order chi connectivity index (χ1) is 13.7. The molecule has 1 saturated heterocycles. The fourth-order valence-corrected chi connectivity index (χ4v) is 4.93. The lowest BCUT2D eigenvalue weighted by Crippen LogP contribution is -2.41. The van der Waals surface area contributed by atoms with Gasteiger partial charge in [-0.3, -0.25) is 0 Å². The Bertz CT molecular complexity index is 874. The predicted octanol–water partition coefficient (Wildman–Crippen LogP) is 5.21. The zero-order valence-corrected chi connectivity index (χ0v) is 16.9. The molecule has 3 nitrogen and oxygen atoms in total. The van der Waals surface area contributed by atoms with Crippen LogP contribution in [0.5, 0.6) is 11.5 Å². The van der Waals surface area contributed by atoms with Gasteiger partial charge in [-0.05, 0) is 50.0 Å². The lowest BCUT2D eigenvalue weighted by molar-refractivity contribution is 0.247. The van der Waals surface area contributed by atoms with Gasteiger partial charge < -0.3 is 14.4 Å². The van der Waals surface area contributed by atoms with Crippen LogP contribution in [0.15, 0.2) is 61.2 Å². The fraction of sp³-hybridized carbons (Fsp3) is 0.360. The first kappa shape index (κ1) is 18.8. The molecular weight excluding hydrogens is 346 g/mol. The monoisotopic (exact) mass is 375 g/mol. The second kappa shape index (κ2) is 7.84. The molecule has 0 radical (unpaired) electrons. The predicted molar refractivity (Wildman–Crippen MR) is 115 cm³/mol. The minimum Gasteiger partial charge on any atom is -0.493 e. The highest BCUT2D eigenvalue weighted by molar-refractivity contribution is 5.68. The molecule has 0 saturated carbocycles. The van der Waals surface area contributed by atoms with Crippen molar-refractivity contribution in [3.05, 3.63) is 77.9 Å². The van der Waals surface area contributed by atoms with Crippen molar-refractivity contribution in [2.75, 3.05) is 20.7 Å². The molecule has 1 aliphatic carbocycles. The number of rotatable bonds is 6. The van der Waals surface area contributed by atoms with Crippen molar-refractivity contribution in [1.82, 2.24) is 4.90 Å². The Balaban J connectivity index is 1.78. The Morgan fingerprint density at radius 1 is 1.21 bits per heavy atom. The van der Waals surface area contributed by atoms with Crippen LogP contribution in [0.4, 0.5) is 0 Å². The van der Waals surface area contributed by atoms with Gasteiger partial charge in [0.2, 0.25) is 0 Å². The molecule has 3 heteroatoms. The molecule has 2 aromatic rings. The number of methoxy groups -OCH3 is 1. The number of hydrogen-bond donors (Lipinski definition) is 0. The maximum atomic E-state index is 6.31. The zero-order valence-electron chi connectivity index (χ0n) is 16.9. The lowest BCUT2D eigenvalue weighted by Gasteiger charge is -2.39. The lowest BCUT2D eigenvalue weighted by atomic mass is 9.68. The van der Waals surface area contributed by atoms with Crippen LogP contribution < -0.4 is 9.47 Å². The summed E-state index contributed by atoms with van der Waals surface area (Å²) in [6, 6.07) is 15.0. The minimum absolute atomic E-state index is 0.0215. The number of likely N-dealkylation sites (N-methyl/N-ethyl adjacent to an activating group) is 1. The minimum atomic E-state index is 0.0215. The van der Waals surface area contributed by atoms with E-state index in [-0.39, 0.29) is 5.41 Å². The number of ether oxygens (including phenoxy) is 2. The van der Waals surface area contributed by atoms with E-state index >= 15 is 0 Å². The largest absolute Gasteiger partial charge is 0.493 e. The van der Waals surface area contributed by atoms with Crippen molar-refractivity contribution >= 4 is 6.08 Å². The van der Waals surface area contributed by atoms with E-state index in [2.05, 4.69) is 54.9 Å². The SMILES string of the molecule is C=Cc1c([C@@]23C=CCC[C@@H]2N(C)CC3)ccc(OC)c1OCc1ccccc1. The average molecular weight is 376 g/mol. The third kappa shape index (κ3) is 3.14. The molecule has 2 aromatic carbocycles. The Morgan fingerprint density at radius 2 is 2.04 bits per heavy atom. The van der Waals surface area contributed by atoms with Crippen LogP contribution >= 0.6 is 0 Å². The summed E-state index contributed by atoms with van der Waals surface area (Å²) < 4.78 is 12.0. The van der Waals surface area contributed by atoms with Crippen LogP contribution in [0.3, 0.4) is 0 Å². The molecule has 1 aliphatic heterocycles. The van der Waals surface area contributed by atoms with Crippen LogP contribution in [0, 0.1) is 0 Å². The number of hydrogen-bond acceptors (Lipinski definition) is 3. The Kier molecular flexibility index (Phi) is 5.27. The van der Waals surface area contributed by atoms with Gasteiger partial charge in [-0.25, -0.2) is 0 Å². The summed E-state index contributed by atoms with van der Waals surface area (Å²) in [6.07, 6.45) is 10.2. The first-order valence-corrected chi connectivity index (χ1v) is 10.1. The molecule has 0 spiro atoms. The molecule has 28 heavy (non-hydrogen) atoms. The fourth-order valence-electron chi connectivity index (χ4n) is 4.93. The highest BCUT2D eigenvalue weighted by atomic mass is 16.5. The second-order valence-electron chi connectivity index (χ2n) is 7.80. The average Bonchev–Trinajstić information content (AvgIpc) is 3.10. The smallest absolute Gasteiger partial charge is 0.169 e. The van der Waals surface area contributed by atoms with Gasteiger partial charge in [-0.2, -0.15) is 0 Å². The van der Waals surface area contributed by atoms with Crippen molar-refractivity contribution in [2.45, 2.75) is 37.3 Å². The zero-order chi connectivity index (χ0) is 19.6. The van der Waals surface area contributed by atoms with Crippen molar-refractivity contribution < 1.29 is 9.47 Å². The number of allylic oxidation sites excluding steroid dienone is 1. The molecule has 0 N–H and O–H groups in total. The number of nitrogens with zero attached hydrogens (tertiary/aromatic N) is 1. The van der Waals surface area contributed by atoms with Crippen molar-refractivity contribution in [2.24, 2.45) is 0 Å². The van der Waals surface area contributed by atoms with Gasteiger partial charge >= 0.3 is 0 Å². The van der Waals surface area contributed by atoms with Gasteiger partial charge in [0.1, 0.15) is 6.61 Å². The van der Waals surface area contributed by atoms with E-state index in [4.69, 9.17) is 9.47 Å². The molecule has 2 atom stereocenters. The number of fused-ring (bicyclic) bond motifs is 1. The van der Waals surface area contributed by atoms with Crippen molar-refractivity contribution in [3.63, 3.8) is 0 Å². The highest BCUT2D eigenvalue weighted by Crippen LogP contribution is 2.49. The molecular formula is C25H29NO2. The number of benzene rings is 2. The maximum absolute atomic E-state index is 6.31. The van der Waals surface area contributed by atoms with Gasteiger partial charge in [0.25, 0.3) is 0 Å². The van der Waals surface area contributed by atoms with Gasteiger partial charge in [0.05, 0.1) is 7.11 Å². The van der Waals surface area contributed by atoms with Gasteiger partial charge in [0, 0.05) is 17.0 Å². The normalized spacial score (nSPS) is 24.0. The molecule has 1 heterocycles. The quantitative estimate of drug-likeness (QED) is 0.647. The van der Waals surface area contributed by atoms with Crippen molar-refractivity contribution in [1.29, 1.82) is 0 Å². The summed E-state index contributed by atoms with van der Waals surface area (Å²) in [5.41, 5.74) is 3.52. The van der Waals surface area contributed by atoms with Crippen LogP contribution in [-0.2, 0) is 12.0 Å². The highest BCUT2D eigenvalue weighted by Gasteiger charge is 2.47. The van der Waals surface area contributed by atoms with Gasteiger partial charge in [-0.15, -0.1) is 0 Å². The van der Waals surface area contributed by atoms with E-state index in [1.165, 1.54) is 12.0 Å². The summed E-state index contributed by atoms with van der Waals surface area (Å²) >= 11 is 0. The van der Waals surface area contributed by atoms with Crippen molar-refractivity contribution in [3.8, 4) is 11.5 Å². The van der Waals surface area contributed by atoms with E-state index in [1.807, 2.05) is 24.3 Å². The Labute approximate surface area is 168 Å². The summed E-state index contributed by atoms with van der Waals surface area (Å²) in [6.45, 7) is 5.75. The van der Waals surface area contributed by atoms with Gasteiger partial charge in [0.15, 0.2) is 11.5 Å². The Hall–Kier alpha value is -2.52. The van der Waals surface area contributed by atoms with E-state index in [0.29, 0.717) is 12.6 Å². The summed E-state index contributed by atoms with van der Waals surface area (Å²) in [5, 5.41) is 0. The van der Waals surface area contributed by atoms with E-state index in [9.17, 15) is 0 Å². The maximum Gasteiger partial charge on any atom is 0.169 e. The second-order valence-corrected chi connectivity index (χ2v) is 7.80. The molecule has 0 aromatic heterocycles. The third-order valence-corrected chi connectivity index (χ3v) is 6.34. The summed E-state index contributed by atoms with van der Waals surface area (Å²) in [5.74, 6) is 1.55. The molecule has 0 bridgehead atoms.